The van der Waals surface area contributed by atoms with Gasteiger partial charge in [0.15, 0.2) is 5.78 Å². The summed E-state index contributed by atoms with van der Waals surface area (Å²) >= 11 is 11.7. The van der Waals surface area contributed by atoms with Crippen molar-refractivity contribution in [3.63, 3.8) is 0 Å². The first-order chi connectivity index (χ1) is 9.01. The van der Waals surface area contributed by atoms with Crippen molar-refractivity contribution in [2.24, 2.45) is 5.92 Å². The van der Waals surface area contributed by atoms with Gasteiger partial charge >= 0.3 is 5.97 Å². The maximum absolute atomic E-state index is 12.3. The molecule has 0 radical (unpaired) electrons. The Morgan fingerprint density at radius 3 is 2.63 bits per heavy atom. The molecule has 1 unspecified atom stereocenters. The number of rotatable bonds is 6. The summed E-state index contributed by atoms with van der Waals surface area (Å²) in [6.45, 7) is 1.98. The highest BCUT2D eigenvalue weighted by molar-refractivity contribution is 6.36. The highest BCUT2D eigenvalue weighted by Gasteiger charge is 2.30. The van der Waals surface area contributed by atoms with Gasteiger partial charge in [-0.2, -0.15) is 0 Å². The first-order valence-electron chi connectivity index (χ1n) is 5.94. The number of ketones is 1. The number of hydrogen-bond donors (Lipinski definition) is 0. The molecule has 1 aromatic heterocycles. The first-order valence-corrected chi connectivity index (χ1v) is 6.70. The van der Waals surface area contributed by atoms with Crippen LogP contribution in [0.5, 0.6) is 0 Å². The number of halogens is 2. The fourth-order valence-corrected chi connectivity index (χ4v) is 2.14. The van der Waals surface area contributed by atoms with Gasteiger partial charge in [-0.1, -0.05) is 43.0 Å². The van der Waals surface area contributed by atoms with Crippen LogP contribution in [0, 0.1) is 5.92 Å². The summed E-state index contributed by atoms with van der Waals surface area (Å²) in [5, 5.41) is 0.479. The fourth-order valence-electron chi connectivity index (χ4n) is 1.67. The van der Waals surface area contributed by atoms with Gasteiger partial charge in [0.05, 0.1) is 17.2 Å². The van der Waals surface area contributed by atoms with Gasteiger partial charge in [0.25, 0.3) is 0 Å². The highest BCUT2D eigenvalue weighted by Crippen LogP contribution is 2.23. The van der Waals surface area contributed by atoms with Crippen LogP contribution < -0.4 is 0 Å². The average molecular weight is 304 g/mol. The van der Waals surface area contributed by atoms with Crippen molar-refractivity contribution in [3.8, 4) is 0 Å². The lowest BCUT2D eigenvalue weighted by atomic mass is 9.95. The lowest BCUT2D eigenvalue weighted by molar-refractivity contribution is -0.143. The largest absolute Gasteiger partial charge is 0.468 e. The second kappa shape index (κ2) is 7.46. The molecule has 0 aliphatic rings. The van der Waals surface area contributed by atoms with Crippen LogP contribution in [0.15, 0.2) is 12.3 Å². The SMILES string of the molecule is CCCCC(C(=O)OC)C(=O)c1ncc(Cl)cc1Cl. The zero-order valence-corrected chi connectivity index (χ0v) is 12.3. The number of carbonyl (C=O) groups excluding carboxylic acids is 2. The number of hydrogen-bond acceptors (Lipinski definition) is 4. The van der Waals surface area contributed by atoms with Crippen LogP contribution in [0.1, 0.15) is 36.7 Å². The molecule has 1 heterocycles. The normalized spacial score (nSPS) is 12.0. The van der Waals surface area contributed by atoms with E-state index < -0.39 is 17.7 Å². The summed E-state index contributed by atoms with van der Waals surface area (Å²) in [6.07, 6.45) is 3.37. The third-order valence-electron chi connectivity index (χ3n) is 2.69. The average Bonchev–Trinajstić information content (AvgIpc) is 2.38. The molecule has 0 saturated heterocycles. The second-order valence-corrected chi connectivity index (χ2v) is 4.91. The third kappa shape index (κ3) is 4.18. The third-order valence-corrected chi connectivity index (χ3v) is 3.18. The van der Waals surface area contributed by atoms with E-state index in [1.165, 1.54) is 19.4 Å². The van der Waals surface area contributed by atoms with E-state index in [2.05, 4.69) is 9.72 Å². The van der Waals surface area contributed by atoms with E-state index in [4.69, 9.17) is 23.2 Å². The van der Waals surface area contributed by atoms with Crippen molar-refractivity contribution >= 4 is 35.0 Å². The van der Waals surface area contributed by atoms with E-state index >= 15 is 0 Å². The summed E-state index contributed by atoms with van der Waals surface area (Å²) in [5.74, 6) is -1.86. The maximum Gasteiger partial charge on any atom is 0.316 e. The van der Waals surface area contributed by atoms with Gasteiger partial charge in [-0.05, 0) is 12.5 Å². The quantitative estimate of drug-likeness (QED) is 0.458. The van der Waals surface area contributed by atoms with Gasteiger partial charge in [0.2, 0.25) is 0 Å². The van der Waals surface area contributed by atoms with Crippen molar-refractivity contribution in [1.29, 1.82) is 0 Å². The Kier molecular flexibility index (Phi) is 6.25. The molecule has 104 valence electrons. The summed E-state index contributed by atoms with van der Waals surface area (Å²) in [5.41, 5.74) is 0.0533. The monoisotopic (exact) mass is 303 g/mol. The van der Waals surface area contributed by atoms with E-state index in [-0.39, 0.29) is 10.7 Å². The number of methoxy groups -OCH3 is 1. The van der Waals surface area contributed by atoms with Gasteiger partial charge in [0.1, 0.15) is 11.6 Å². The minimum Gasteiger partial charge on any atom is -0.468 e. The maximum atomic E-state index is 12.3. The molecule has 1 atom stereocenters. The Morgan fingerprint density at radius 1 is 1.42 bits per heavy atom. The molecule has 6 heteroatoms. The van der Waals surface area contributed by atoms with Crippen molar-refractivity contribution in [3.05, 3.63) is 28.0 Å². The Labute approximate surface area is 122 Å². The number of nitrogens with zero attached hydrogens (tertiary/aromatic N) is 1. The summed E-state index contributed by atoms with van der Waals surface area (Å²) < 4.78 is 4.66. The zero-order valence-electron chi connectivity index (χ0n) is 10.8. The Bertz CT molecular complexity index is 477. The van der Waals surface area contributed by atoms with Gasteiger partial charge < -0.3 is 4.74 Å². The van der Waals surface area contributed by atoms with Crippen LogP contribution in [0.4, 0.5) is 0 Å². The van der Waals surface area contributed by atoms with Crippen LogP contribution in [-0.4, -0.2) is 23.8 Å². The van der Waals surface area contributed by atoms with Crippen LogP contribution in [0.2, 0.25) is 10.0 Å². The number of aromatic nitrogens is 1. The van der Waals surface area contributed by atoms with E-state index in [1.54, 1.807) is 0 Å². The minimum atomic E-state index is -0.865. The number of esters is 1. The Balaban J connectivity index is 3.01. The van der Waals surface area contributed by atoms with Gasteiger partial charge in [0, 0.05) is 6.20 Å². The Morgan fingerprint density at radius 2 is 2.11 bits per heavy atom. The zero-order chi connectivity index (χ0) is 14.4. The lowest BCUT2D eigenvalue weighted by Gasteiger charge is -2.13. The topological polar surface area (TPSA) is 56.3 Å². The number of unbranched alkanes of at least 4 members (excludes halogenated alkanes) is 1. The molecule has 0 N–H and O–H groups in total. The van der Waals surface area contributed by atoms with Gasteiger partial charge in [-0.3, -0.25) is 9.59 Å². The molecule has 0 aromatic carbocycles. The van der Waals surface area contributed by atoms with E-state index in [9.17, 15) is 9.59 Å². The molecule has 0 aliphatic heterocycles. The first kappa shape index (κ1) is 15.9. The lowest BCUT2D eigenvalue weighted by Crippen LogP contribution is -2.26. The van der Waals surface area contributed by atoms with Crippen LogP contribution >= 0.6 is 23.2 Å². The van der Waals surface area contributed by atoms with Crippen LogP contribution in [0.3, 0.4) is 0 Å². The van der Waals surface area contributed by atoms with E-state index in [0.29, 0.717) is 11.4 Å². The predicted octanol–water partition coefficient (Wildman–Crippen LogP) is 3.55. The second-order valence-electron chi connectivity index (χ2n) is 4.07. The van der Waals surface area contributed by atoms with Crippen molar-refractivity contribution in [2.45, 2.75) is 26.2 Å². The molecular formula is C13H15Cl2NO3. The number of carbonyl (C=O) groups is 2. The van der Waals surface area contributed by atoms with Crippen molar-refractivity contribution in [1.82, 2.24) is 4.98 Å². The molecule has 0 spiro atoms. The summed E-state index contributed by atoms with van der Waals surface area (Å²) in [7, 11) is 1.26. The minimum absolute atomic E-state index is 0.0533. The summed E-state index contributed by atoms with van der Waals surface area (Å²) in [6, 6.07) is 1.43. The van der Waals surface area contributed by atoms with Crippen LogP contribution in [-0.2, 0) is 9.53 Å². The molecule has 0 aliphatic carbocycles. The van der Waals surface area contributed by atoms with Crippen molar-refractivity contribution < 1.29 is 14.3 Å². The van der Waals surface area contributed by atoms with Crippen molar-refractivity contribution in [2.75, 3.05) is 7.11 Å². The molecular weight excluding hydrogens is 289 g/mol. The standard InChI is InChI=1S/C13H15Cl2NO3/c1-3-4-5-9(13(18)19-2)12(17)11-10(15)6-8(14)7-16-11/h6-7,9H,3-5H2,1-2H3. The fraction of sp³-hybridized carbons (Fsp3) is 0.462. The summed E-state index contributed by atoms with van der Waals surface area (Å²) in [4.78, 5) is 27.9. The van der Waals surface area contributed by atoms with Crippen LogP contribution in [0.25, 0.3) is 0 Å². The smallest absolute Gasteiger partial charge is 0.316 e. The highest BCUT2D eigenvalue weighted by atomic mass is 35.5. The van der Waals surface area contributed by atoms with Gasteiger partial charge in [-0.25, -0.2) is 4.98 Å². The van der Waals surface area contributed by atoms with Gasteiger partial charge in [-0.15, -0.1) is 0 Å². The molecule has 4 nitrogen and oxygen atoms in total. The molecule has 0 amide bonds. The molecule has 0 fully saturated rings. The number of pyridine rings is 1. The van der Waals surface area contributed by atoms with E-state index in [0.717, 1.165) is 12.8 Å². The van der Waals surface area contributed by atoms with E-state index in [1.807, 2.05) is 6.92 Å². The number of ether oxygens (including phenoxy) is 1. The molecule has 1 aromatic rings. The molecule has 19 heavy (non-hydrogen) atoms. The molecule has 1 rings (SSSR count). The Hall–Kier alpha value is -1.13. The molecule has 0 saturated carbocycles. The number of Topliss-reactive ketones (excluding diaryl/α,β-unsaturated/α-hetero) is 1. The predicted molar refractivity (Wildman–Crippen MR) is 73.6 cm³/mol. The molecule has 0 bridgehead atoms.